The first-order chi connectivity index (χ1) is 8.01. The number of nitrogens with zero attached hydrogens (tertiary/aromatic N) is 2. The van der Waals surface area contributed by atoms with E-state index < -0.39 is 5.60 Å². The summed E-state index contributed by atoms with van der Waals surface area (Å²) in [7, 11) is 1.96. The average Bonchev–Trinajstić information content (AvgIpc) is 2.68. The van der Waals surface area contributed by atoms with Gasteiger partial charge in [0.2, 0.25) is 0 Å². The van der Waals surface area contributed by atoms with E-state index in [9.17, 15) is 5.11 Å². The Morgan fingerprint density at radius 1 is 1.53 bits per heavy atom. The van der Waals surface area contributed by atoms with Crippen molar-refractivity contribution in [1.82, 2.24) is 9.78 Å². The first-order valence-electron chi connectivity index (χ1n) is 6.70. The molecule has 3 heteroatoms. The molecule has 3 atom stereocenters. The highest BCUT2D eigenvalue weighted by atomic mass is 16.3. The van der Waals surface area contributed by atoms with Gasteiger partial charge in [-0.1, -0.05) is 13.8 Å². The van der Waals surface area contributed by atoms with Crippen LogP contribution in [0.3, 0.4) is 0 Å². The summed E-state index contributed by atoms with van der Waals surface area (Å²) in [6.45, 7) is 4.48. The van der Waals surface area contributed by atoms with Crippen molar-refractivity contribution in [2.45, 2.75) is 51.6 Å². The number of hydrogen-bond acceptors (Lipinski definition) is 2. The van der Waals surface area contributed by atoms with Crippen molar-refractivity contribution in [2.75, 3.05) is 0 Å². The Morgan fingerprint density at radius 3 is 2.88 bits per heavy atom. The molecule has 1 aliphatic rings. The van der Waals surface area contributed by atoms with Gasteiger partial charge in [0.15, 0.2) is 0 Å². The first kappa shape index (κ1) is 12.6. The molecule has 0 saturated heterocycles. The quantitative estimate of drug-likeness (QED) is 0.875. The van der Waals surface area contributed by atoms with Gasteiger partial charge in [0.05, 0.1) is 5.60 Å². The molecule has 1 fully saturated rings. The zero-order chi connectivity index (χ0) is 12.5. The molecule has 0 bridgehead atoms. The molecule has 1 aromatic heterocycles. The molecule has 0 aliphatic heterocycles. The van der Waals surface area contributed by atoms with Crippen LogP contribution in [0.2, 0.25) is 0 Å². The molecule has 2 rings (SSSR count). The fourth-order valence-corrected chi connectivity index (χ4v) is 3.05. The first-order valence-corrected chi connectivity index (χ1v) is 6.70. The third-order valence-electron chi connectivity index (χ3n) is 4.48. The zero-order valence-corrected chi connectivity index (χ0v) is 11.2. The highest BCUT2D eigenvalue weighted by Gasteiger charge is 2.37. The van der Waals surface area contributed by atoms with Crippen LogP contribution >= 0.6 is 0 Å². The molecule has 0 spiro atoms. The molecular formula is C14H24N2O. The van der Waals surface area contributed by atoms with Gasteiger partial charge in [-0.25, -0.2) is 0 Å². The number of hydrogen-bond donors (Lipinski definition) is 1. The predicted molar refractivity (Wildman–Crippen MR) is 68.7 cm³/mol. The van der Waals surface area contributed by atoms with E-state index in [1.165, 1.54) is 5.69 Å². The molecule has 1 aromatic rings. The molecular weight excluding hydrogens is 212 g/mol. The standard InChI is InChI=1S/C14H24N2O/c1-11-4-7-14(17,12(2)10-11)8-5-13-6-9-15-16(13)3/h6,9,11-12,17H,4-5,7-8,10H2,1-3H3. The van der Waals surface area contributed by atoms with E-state index in [0.717, 1.165) is 38.0 Å². The van der Waals surface area contributed by atoms with Crippen molar-refractivity contribution in [3.05, 3.63) is 18.0 Å². The van der Waals surface area contributed by atoms with Crippen LogP contribution in [0.5, 0.6) is 0 Å². The second kappa shape index (κ2) is 4.81. The van der Waals surface area contributed by atoms with Crippen molar-refractivity contribution >= 4 is 0 Å². The predicted octanol–water partition coefficient (Wildman–Crippen LogP) is 2.54. The summed E-state index contributed by atoms with van der Waals surface area (Å²) in [5.74, 6) is 1.18. The van der Waals surface area contributed by atoms with Gasteiger partial charge in [-0.2, -0.15) is 5.10 Å². The van der Waals surface area contributed by atoms with Crippen LogP contribution in [-0.4, -0.2) is 20.5 Å². The summed E-state index contributed by atoms with van der Waals surface area (Å²) in [6, 6.07) is 2.04. The van der Waals surface area contributed by atoms with Crippen LogP contribution in [0.4, 0.5) is 0 Å². The van der Waals surface area contributed by atoms with Gasteiger partial charge in [-0.05, 0) is 50.0 Å². The molecule has 96 valence electrons. The number of aliphatic hydroxyl groups is 1. The second-order valence-corrected chi connectivity index (χ2v) is 5.83. The minimum atomic E-state index is -0.462. The maximum Gasteiger partial charge on any atom is 0.0677 e. The number of rotatable bonds is 3. The largest absolute Gasteiger partial charge is 0.390 e. The van der Waals surface area contributed by atoms with Gasteiger partial charge in [0, 0.05) is 18.9 Å². The number of aryl methyl sites for hydroxylation is 2. The molecule has 0 aromatic carbocycles. The Labute approximate surface area is 104 Å². The minimum absolute atomic E-state index is 0.416. The van der Waals surface area contributed by atoms with Crippen molar-refractivity contribution < 1.29 is 5.11 Å². The van der Waals surface area contributed by atoms with Gasteiger partial charge < -0.3 is 5.11 Å². The smallest absolute Gasteiger partial charge is 0.0677 e. The minimum Gasteiger partial charge on any atom is -0.390 e. The average molecular weight is 236 g/mol. The van der Waals surface area contributed by atoms with Gasteiger partial charge in [0.25, 0.3) is 0 Å². The van der Waals surface area contributed by atoms with Crippen LogP contribution in [0.1, 0.15) is 45.2 Å². The molecule has 17 heavy (non-hydrogen) atoms. The van der Waals surface area contributed by atoms with Crippen molar-refractivity contribution in [2.24, 2.45) is 18.9 Å². The molecule has 1 saturated carbocycles. The molecule has 1 N–H and O–H groups in total. The highest BCUT2D eigenvalue weighted by molar-refractivity contribution is 5.02. The van der Waals surface area contributed by atoms with Crippen LogP contribution in [0.15, 0.2) is 12.3 Å². The monoisotopic (exact) mass is 236 g/mol. The summed E-state index contributed by atoms with van der Waals surface area (Å²) >= 11 is 0. The van der Waals surface area contributed by atoms with Crippen LogP contribution in [0.25, 0.3) is 0 Å². The van der Waals surface area contributed by atoms with E-state index in [-0.39, 0.29) is 0 Å². The molecule has 0 amide bonds. The lowest BCUT2D eigenvalue weighted by atomic mass is 9.70. The van der Waals surface area contributed by atoms with Crippen LogP contribution < -0.4 is 0 Å². The summed E-state index contributed by atoms with van der Waals surface area (Å²) in [4.78, 5) is 0. The van der Waals surface area contributed by atoms with Gasteiger partial charge in [-0.15, -0.1) is 0 Å². The molecule has 3 unspecified atom stereocenters. The third-order valence-corrected chi connectivity index (χ3v) is 4.48. The molecule has 1 heterocycles. The summed E-state index contributed by atoms with van der Waals surface area (Å²) in [5, 5.41) is 14.9. The van der Waals surface area contributed by atoms with Crippen molar-refractivity contribution in [1.29, 1.82) is 0 Å². The molecule has 1 aliphatic carbocycles. The Bertz CT molecular complexity index is 374. The lowest BCUT2D eigenvalue weighted by Crippen LogP contribution is -2.41. The van der Waals surface area contributed by atoms with E-state index >= 15 is 0 Å². The topological polar surface area (TPSA) is 38.1 Å². The van der Waals surface area contributed by atoms with Gasteiger partial charge in [-0.3, -0.25) is 4.68 Å². The third kappa shape index (κ3) is 2.71. The Kier molecular flexibility index (Phi) is 3.57. The van der Waals surface area contributed by atoms with Crippen LogP contribution in [0, 0.1) is 11.8 Å². The second-order valence-electron chi connectivity index (χ2n) is 5.83. The maximum absolute atomic E-state index is 10.7. The highest BCUT2D eigenvalue weighted by Crippen LogP contribution is 2.39. The molecule has 3 nitrogen and oxygen atoms in total. The maximum atomic E-state index is 10.7. The Hall–Kier alpha value is -0.830. The fourth-order valence-electron chi connectivity index (χ4n) is 3.05. The summed E-state index contributed by atoms with van der Waals surface area (Å²) < 4.78 is 1.90. The van der Waals surface area contributed by atoms with Crippen molar-refractivity contribution in [3.8, 4) is 0 Å². The summed E-state index contributed by atoms with van der Waals surface area (Å²) in [5.41, 5.74) is 0.751. The SMILES string of the molecule is CC1CCC(O)(CCc2ccnn2C)C(C)C1. The van der Waals surface area contributed by atoms with Gasteiger partial charge >= 0.3 is 0 Å². The number of aromatic nitrogens is 2. The van der Waals surface area contributed by atoms with Gasteiger partial charge in [0.1, 0.15) is 0 Å². The van der Waals surface area contributed by atoms with Crippen molar-refractivity contribution in [3.63, 3.8) is 0 Å². The van der Waals surface area contributed by atoms with E-state index in [4.69, 9.17) is 0 Å². The summed E-state index contributed by atoms with van der Waals surface area (Å²) in [6.07, 6.45) is 6.87. The van der Waals surface area contributed by atoms with E-state index in [1.54, 1.807) is 0 Å². The normalized spacial score (nSPS) is 33.9. The zero-order valence-electron chi connectivity index (χ0n) is 11.2. The van der Waals surface area contributed by atoms with E-state index in [2.05, 4.69) is 18.9 Å². The van der Waals surface area contributed by atoms with Crippen LogP contribution in [-0.2, 0) is 13.5 Å². The molecule has 0 radical (unpaired) electrons. The Balaban J connectivity index is 1.96. The fraction of sp³-hybridized carbons (Fsp3) is 0.786. The van der Waals surface area contributed by atoms with E-state index in [0.29, 0.717) is 5.92 Å². The lowest BCUT2D eigenvalue weighted by Gasteiger charge is -2.41. The Morgan fingerprint density at radius 2 is 2.29 bits per heavy atom. The van der Waals surface area contributed by atoms with E-state index in [1.807, 2.05) is 24.0 Å². The lowest BCUT2D eigenvalue weighted by molar-refractivity contribution is -0.0591.